The number of hydrogen-bond donors (Lipinski definition) is 1. The minimum Gasteiger partial charge on any atom is -0.376 e. The zero-order chi connectivity index (χ0) is 16.5. The lowest BCUT2D eigenvalue weighted by Gasteiger charge is -2.29. The van der Waals surface area contributed by atoms with Gasteiger partial charge in [0.25, 0.3) is 0 Å². The summed E-state index contributed by atoms with van der Waals surface area (Å²) < 4.78 is 5.84. The monoisotopic (exact) mass is 296 g/mol. The van der Waals surface area contributed by atoms with Crippen molar-refractivity contribution in [1.82, 2.24) is 0 Å². The third kappa shape index (κ3) is 9.21. The van der Waals surface area contributed by atoms with E-state index in [-0.39, 0.29) is 22.5 Å². The van der Waals surface area contributed by atoms with Crippen molar-refractivity contribution in [1.29, 1.82) is 5.41 Å². The first-order valence-corrected chi connectivity index (χ1v) is 7.39. The van der Waals surface area contributed by atoms with Crippen LogP contribution in [0, 0.1) is 10.8 Å². The molecule has 0 spiro atoms. The molecule has 120 valence electrons. The van der Waals surface area contributed by atoms with E-state index >= 15 is 0 Å². The van der Waals surface area contributed by atoms with Gasteiger partial charge in [-0.25, -0.2) is 0 Å². The lowest BCUT2D eigenvalue weighted by atomic mass is 9.83. The fourth-order valence-corrected chi connectivity index (χ4v) is 1.92. The van der Waals surface area contributed by atoms with Crippen LogP contribution < -0.4 is 0 Å². The maximum absolute atomic E-state index is 11.5. The highest BCUT2D eigenvalue weighted by molar-refractivity contribution is 6.38. The Kier molecular flexibility index (Phi) is 8.22. The Labute approximate surface area is 127 Å². The van der Waals surface area contributed by atoms with Crippen LogP contribution in [-0.2, 0) is 9.53 Å². The Bertz CT molecular complexity index is 410. The number of ketones is 1. The molecule has 0 bridgehead atoms. The first kappa shape index (κ1) is 19.6. The number of ether oxygens (including phenoxy) is 1. The predicted octanol–water partition coefficient (Wildman–Crippen LogP) is 4.29. The second-order valence-corrected chi connectivity index (χ2v) is 6.66. The highest BCUT2D eigenvalue weighted by atomic mass is 16.5. The van der Waals surface area contributed by atoms with E-state index in [0.29, 0.717) is 32.4 Å². The van der Waals surface area contributed by atoms with Gasteiger partial charge in [-0.1, -0.05) is 25.9 Å². The number of azide groups is 1. The highest BCUT2D eigenvalue weighted by Gasteiger charge is 2.24. The van der Waals surface area contributed by atoms with Crippen LogP contribution in [0.2, 0.25) is 0 Å². The lowest BCUT2D eigenvalue weighted by Crippen LogP contribution is -2.29. The second kappa shape index (κ2) is 8.80. The van der Waals surface area contributed by atoms with Crippen molar-refractivity contribution >= 4 is 11.5 Å². The standard InChI is InChI=1S/C15H28N4O2/c1-6-13(20)12(16)11-14(2,3)8-10-21-15(4,5)7-9-18-19-17/h16H,6-11H2,1-5H3. The molecule has 0 saturated carbocycles. The summed E-state index contributed by atoms with van der Waals surface area (Å²) in [4.78, 5) is 14.2. The Morgan fingerprint density at radius 3 is 2.43 bits per heavy atom. The molecule has 0 aliphatic carbocycles. The normalized spacial score (nSPS) is 11.9. The number of carbonyl (C=O) groups is 1. The van der Waals surface area contributed by atoms with Crippen molar-refractivity contribution in [2.24, 2.45) is 10.5 Å². The van der Waals surface area contributed by atoms with E-state index in [1.54, 1.807) is 6.92 Å². The molecule has 21 heavy (non-hydrogen) atoms. The van der Waals surface area contributed by atoms with E-state index in [1.807, 2.05) is 27.7 Å². The van der Waals surface area contributed by atoms with Crippen LogP contribution in [0.5, 0.6) is 0 Å². The van der Waals surface area contributed by atoms with Gasteiger partial charge in [-0.15, -0.1) is 0 Å². The topological polar surface area (TPSA) is 98.9 Å². The third-order valence-electron chi connectivity index (χ3n) is 3.46. The molecule has 0 fully saturated rings. The quantitative estimate of drug-likeness (QED) is 0.266. The first-order valence-electron chi connectivity index (χ1n) is 7.39. The molecule has 1 N–H and O–H groups in total. The van der Waals surface area contributed by atoms with Gasteiger partial charge in [0.05, 0.1) is 11.3 Å². The van der Waals surface area contributed by atoms with E-state index in [1.165, 1.54) is 0 Å². The van der Waals surface area contributed by atoms with Gasteiger partial charge in [0.2, 0.25) is 0 Å². The summed E-state index contributed by atoms with van der Waals surface area (Å²) in [7, 11) is 0. The minimum atomic E-state index is -0.336. The zero-order valence-corrected chi connectivity index (χ0v) is 13.9. The summed E-state index contributed by atoms with van der Waals surface area (Å²) in [6.07, 6.45) is 2.30. The van der Waals surface area contributed by atoms with Crippen LogP contribution in [-0.4, -0.2) is 30.2 Å². The maximum Gasteiger partial charge on any atom is 0.176 e. The average molecular weight is 296 g/mol. The number of rotatable bonds is 11. The molecule has 0 aromatic carbocycles. The highest BCUT2D eigenvalue weighted by Crippen LogP contribution is 2.27. The van der Waals surface area contributed by atoms with Crippen molar-refractivity contribution in [3.63, 3.8) is 0 Å². The Hall–Kier alpha value is -1.39. The number of nitrogens with zero attached hydrogens (tertiary/aromatic N) is 3. The molecule has 0 aromatic heterocycles. The van der Waals surface area contributed by atoms with Gasteiger partial charge in [0.1, 0.15) is 0 Å². The lowest BCUT2D eigenvalue weighted by molar-refractivity contribution is -0.113. The summed E-state index contributed by atoms with van der Waals surface area (Å²) >= 11 is 0. The summed E-state index contributed by atoms with van der Waals surface area (Å²) in [5.41, 5.74) is 7.99. The largest absolute Gasteiger partial charge is 0.376 e. The number of carbonyl (C=O) groups excluding carboxylic acids is 1. The molecule has 0 saturated heterocycles. The Morgan fingerprint density at radius 1 is 1.29 bits per heavy atom. The maximum atomic E-state index is 11.5. The van der Waals surface area contributed by atoms with E-state index in [0.717, 1.165) is 6.42 Å². The van der Waals surface area contributed by atoms with Crippen LogP contribution in [0.25, 0.3) is 10.4 Å². The summed E-state index contributed by atoms with van der Waals surface area (Å²) in [5, 5.41) is 11.3. The molecule has 0 aliphatic rings. The molecule has 0 atom stereocenters. The van der Waals surface area contributed by atoms with Gasteiger partial charge in [-0.05, 0) is 44.1 Å². The summed E-state index contributed by atoms with van der Waals surface area (Å²) in [6.45, 7) is 10.8. The van der Waals surface area contributed by atoms with Gasteiger partial charge < -0.3 is 10.1 Å². The van der Waals surface area contributed by atoms with Crippen LogP contribution in [0.1, 0.15) is 60.3 Å². The third-order valence-corrected chi connectivity index (χ3v) is 3.46. The Morgan fingerprint density at radius 2 is 1.90 bits per heavy atom. The molecule has 6 heteroatoms. The van der Waals surface area contributed by atoms with E-state index in [2.05, 4.69) is 10.0 Å². The number of Topliss-reactive ketones (excluding diaryl/α,β-unsaturated/α-hetero) is 1. The molecule has 0 aliphatic heterocycles. The predicted molar refractivity (Wildman–Crippen MR) is 84.7 cm³/mol. The minimum absolute atomic E-state index is 0.0845. The molecule has 0 aromatic rings. The van der Waals surface area contributed by atoms with Crippen LogP contribution in [0.3, 0.4) is 0 Å². The zero-order valence-electron chi connectivity index (χ0n) is 13.9. The van der Waals surface area contributed by atoms with Gasteiger partial charge in [0.15, 0.2) is 5.78 Å². The Balaban J connectivity index is 4.21. The smallest absolute Gasteiger partial charge is 0.176 e. The van der Waals surface area contributed by atoms with E-state index in [9.17, 15) is 4.79 Å². The number of nitrogens with one attached hydrogen (secondary N) is 1. The molecule has 0 heterocycles. The van der Waals surface area contributed by atoms with Gasteiger partial charge >= 0.3 is 0 Å². The van der Waals surface area contributed by atoms with Gasteiger partial charge in [-0.3, -0.25) is 4.79 Å². The average Bonchev–Trinajstić information content (AvgIpc) is 2.36. The van der Waals surface area contributed by atoms with E-state index in [4.69, 9.17) is 15.7 Å². The molecule has 6 nitrogen and oxygen atoms in total. The summed E-state index contributed by atoms with van der Waals surface area (Å²) in [5.74, 6) is -0.0845. The van der Waals surface area contributed by atoms with Crippen LogP contribution >= 0.6 is 0 Å². The second-order valence-electron chi connectivity index (χ2n) is 6.66. The van der Waals surface area contributed by atoms with Crippen molar-refractivity contribution < 1.29 is 9.53 Å². The van der Waals surface area contributed by atoms with Crippen molar-refractivity contribution in [2.75, 3.05) is 13.2 Å². The molecular formula is C15H28N4O2. The van der Waals surface area contributed by atoms with Crippen molar-refractivity contribution in [3.05, 3.63) is 10.4 Å². The van der Waals surface area contributed by atoms with Crippen LogP contribution in [0.15, 0.2) is 5.11 Å². The van der Waals surface area contributed by atoms with Crippen LogP contribution in [0.4, 0.5) is 0 Å². The first-order chi connectivity index (χ1) is 9.63. The fourth-order valence-electron chi connectivity index (χ4n) is 1.92. The van der Waals surface area contributed by atoms with Gasteiger partial charge in [-0.2, -0.15) is 0 Å². The molecule has 0 rings (SSSR count). The fraction of sp³-hybridized carbons (Fsp3) is 0.867. The summed E-state index contributed by atoms with van der Waals surface area (Å²) in [6, 6.07) is 0. The number of hydrogen-bond acceptors (Lipinski definition) is 4. The molecule has 0 unspecified atom stereocenters. The van der Waals surface area contributed by atoms with Crippen molar-refractivity contribution in [2.45, 2.75) is 65.9 Å². The van der Waals surface area contributed by atoms with Crippen molar-refractivity contribution in [3.8, 4) is 0 Å². The molecular weight excluding hydrogens is 268 g/mol. The van der Waals surface area contributed by atoms with E-state index < -0.39 is 0 Å². The molecule has 0 radical (unpaired) electrons. The van der Waals surface area contributed by atoms with Gasteiger partial charge in [0, 0.05) is 24.5 Å². The molecule has 0 amide bonds. The SMILES string of the molecule is CCC(=O)C(=N)CC(C)(C)CCOC(C)(C)CCN=[N+]=[N-].